The van der Waals surface area contributed by atoms with Gasteiger partial charge in [-0.1, -0.05) is 25.3 Å². The van der Waals surface area contributed by atoms with Crippen molar-refractivity contribution in [2.75, 3.05) is 26.7 Å². The third kappa shape index (κ3) is 5.14. The fraction of sp³-hybridized carbons (Fsp3) is 0.640. The minimum absolute atomic E-state index is 0.206. The van der Waals surface area contributed by atoms with Crippen molar-refractivity contribution in [3.05, 3.63) is 40.5 Å². The molecule has 0 atom stereocenters. The zero-order chi connectivity index (χ0) is 22.5. The Morgan fingerprint density at radius 2 is 1.91 bits per heavy atom. The van der Waals surface area contributed by atoms with Gasteiger partial charge in [-0.2, -0.15) is 0 Å². The molecule has 1 saturated carbocycles. The molecular formula is C25H37N5O2. The number of carbonyl (C=O) groups is 1. The Morgan fingerprint density at radius 1 is 1.09 bits per heavy atom. The molecule has 7 nitrogen and oxygen atoms in total. The number of hydrogen-bond donors (Lipinski definition) is 1. The summed E-state index contributed by atoms with van der Waals surface area (Å²) in [6.07, 6.45) is 7.34. The normalized spacial score (nSPS) is 17.6. The maximum Gasteiger partial charge on any atom is 0.223 e. The van der Waals surface area contributed by atoms with E-state index in [0.29, 0.717) is 6.54 Å². The summed E-state index contributed by atoms with van der Waals surface area (Å²) in [5, 5.41) is 12.0. The van der Waals surface area contributed by atoms with Gasteiger partial charge in [-0.3, -0.25) is 9.69 Å². The van der Waals surface area contributed by atoms with E-state index < -0.39 is 0 Å². The van der Waals surface area contributed by atoms with Gasteiger partial charge < -0.3 is 14.6 Å². The molecule has 1 N–H and O–H groups in total. The topological polar surface area (TPSA) is 72.3 Å². The maximum atomic E-state index is 12.4. The minimum atomic E-state index is 0.206. The lowest BCUT2D eigenvalue weighted by molar-refractivity contribution is -0.125. The van der Waals surface area contributed by atoms with Gasteiger partial charge in [0.15, 0.2) is 0 Å². The highest BCUT2D eigenvalue weighted by Gasteiger charge is 2.22. The molecule has 2 heterocycles. The molecule has 1 amide bonds. The van der Waals surface area contributed by atoms with E-state index in [1.807, 2.05) is 0 Å². The van der Waals surface area contributed by atoms with Crippen LogP contribution in [-0.4, -0.2) is 52.3 Å². The van der Waals surface area contributed by atoms with E-state index in [1.54, 1.807) is 7.11 Å². The molecule has 0 unspecified atom stereocenters. The van der Waals surface area contributed by atoms with Crippen molar-refractivity contribution in [2.24, 2.45) is 5.92 Å². The van der Waals surface area contributed by atoms with Crippen molar-refractivity contribution in [3.8, 4) is 5.75 Å². The molecule has 1 fully saturated rings. The molecule has 2 aliphatic rings. The highest BCUT2D eigenvalue weighted by molar-refractivity contribution is 5.78. The largest absolute Gasteiger partial charge is 0.496 e. The summed E-state index contributed by atoms with van der Waals surface area (Å²) in [5.41, 5.74) is 3.88. The summed E-state index contributed by atoms with van der Waals surface area (Å²) in [6.45, 7) is 8.71. The van der Waals surface area contributed by atoms with Crippen molar-refractivity contribution in [1.82, 2.24) is 25.0 Å². The van der Waals surface area contributed by atoms with Crippen LogP contribution in [0.25, 0.3) is 0 Å². The van der Waals surface area contributed by atoms with E-state index in [4.69, 9.17) is 4.74 Å². The van der Waals surface area contributed by atoms with E-state index in [1.165, 1.54) is 36.0 Å². The first kappa shape index (κ1) is 22.8. The van der Waals surface area contributed by atoms with Crippen molar-refractivity contribution in [1.29, 1.82) is 0 Å². The van der Waals surface area contributed by atoms with E-state index in [2.05, 4.69) is 51.0 Å². The van der Waals surface area contributed by atoms with Gasteiger partial charge in [-0.15, -0.1) is 10.2 Å². The molecule has 32 heavy (non-hydrogen) atoms. The molecule has 2 aromatic rings. The smallest absolute Gasteiger partial charge is 0.223 e. The molecule has 1 aliphatic heterocycles. The second-order valence-corrected chi connectivity index (χ2v) is 9.26. The van der Waals surface area contributed by atoms with Gasteiger partial charge in [0.25, 0.3) is 0 Å². The summed E-state index contributed by atoms with van der Waals surface area (Å²) in [6, 6.07) is 4.26. The van der Waals surface area contributed by atoms with Gasteiger partial charge in [0.05, 0.1) is 7.11 Å². The molecule has 0 bridgehead atoms. The van der Waals surface area contributed by atoms with Crippen LogP contribution in [-0.2, 0) is 30.7 Å². The third-order valence-corrected chi connectivity index (χ3v) is 7.28. The first-order valence-electron chi connectivity index (χ1n) is 12.1. The quantitative estimate of drug-likeness (QED) is 0.717. The average molecular weight is 440 g/mol. The summed E-state index contributed by atoms with van der Waals surface area (Å²) >= 11 is 0. The first-order valence-corrected chi connectivity index (χ1v) is 12.1. The van der Waals surface area contributed by atoms with Crippen LogP contribution in [0.5, 0.6) is 5.75 Å². The van der Waals surface area contributed by atoms with Crippen molar-refractivity contribution < 1.29 is 9.53 Å². The van der Waals surface area contributed by atoms with Crippen LogP contribution in [0.1, 0.15) is 60.4 Å². The van der Waals surface area contributed by atoms with Gasteiger partial charge in [0.1, 0.15) is 17.4 Å². The Kier molecular flexibility index (Phi) is 7.45. The van der Waals surface area contributed by atoms with Crippen LogP contribution in [0.4, 0.5) is 0 Å². The molecule has 7 heteroatoms. The fourth-order valence-electron chi connectivity index (χ4n) is 5.06. The molecule has 174 valence electrons. The number of aromatic nitrogens is 3. The van der Waals surface area contributed by atoms with Crippen molar-refractivity contribution in [3.63, 3.8) is 0 Å². The molecule has 0 spiro atoms. The van der Waals surface area contributed by atoms with Crippen LogP contribution >= 0.6 is 0 Å². The van der Waals surface area contributed by atoms with Crippen LogP contribution in [0.3, 0.4) is 0 Å². The Morgan fingerprint density at radius 3 is 2.69 bits per heavy atom. The van der Waals surface area contributed by atoms with Gasteiger partial charge in [0, 0.05) is 51.5 Å². The van der Waals surface area contributed by atoms with Crippen LogP contribution in [0.2, 0.25) is 0 Å². The van der Waals surface area contributed by atoms with E-state index in [-0.39, 0.29) is 11.8 Å². The monoisotopic (exact) mass is 439 g/mol. The standard InChI is InChI=1S/C25H37N5O2/c1-18-19(2)22(32-3)10-9-21(18)17-29-14-12-24-28-27-23(30(24)16-15-29)11-13-26-25(31)20-7-5-4-6-8-20/h9-10,20H,4-8,11-17H2,1-3H3,(H,26,31). The minimum Gasteiger partial charge on any atom is -0.496 e. The molecule has 0 radical (unpaired) electrons. The Hall–Kier alpha value is -2.41. The first-order chi connectivity index (χ1) is 15.6. The lowest BCUT2D eigenvalue weighted by Crippen LogP contribution is -2.33. The van der Waals surface area contributed by atoms with Crippen LogP contribution in [0, 0.1) is 19.8 Å². The molecule has 0 saturated heterocycles. The zero-order valence-corrected chi connectivity index (χ0v) is 19.8. The van der Waals surface area contributed by atoms with E-state index >= 15 is 0 Å². The summed E-state index contributed by atoms with van der Waals surface area (Å²) in [7, 11) is 1.73. The third-order valence-electron chi connectivity index (χ3n) is 7.28. The lowest BCUT2D eigenvalue weighted by Gasteiger charge is -2.22. The summed E-state index contributed by atoms with van der Waals surface area (Å²) in [5.74, 6) is 3.43. The van der Waals surface area contributed by atoms with Crippen molar-refractivity contribution >= 4 is 5.91 Å². The Bertz CT molecular complexity index is 933. The zero-order valence-electron chi connectivity index (χ0n) is 19.8. The van der Waals surface area contributed by atoms with Gasteiger partial charge in [-0.25, -0.2) is 0 Å². The molecule has 1 aliphatic carbocycles. The highest BCUT2D eigenvalue weighted by atomic mass is 16.5. The number of fused-ring (bicyclic) bond motifs is 1. The highest BCUT2D eigenvalue weighted by Crippen LogP contribution is 2.25. The summed E-state index contributed by atoms with van der Waals surface area (Å²) < 4.78 is 7.72. The molecule has 4 rings (SSSR count). The summed E-state index contributed by atoms with van der Waals surface area (Å²) in [4.78, 5) is 14.9. The van der Waals surface area contributed by atoms with Crippen LogP contribution in [0.15, 0.2) is 12.1 Å². The number of nitrogens with zero attached hydrogens (tertiary/aromatic N) is 4. The van der Waals surface area contributed by atoms with Gasteiger partial charge >= 0.3 is 0 Å². The number of ether oxygens (including phenoxy) is 1. The maximum absolute atomic E-state index is 12.4. The van der Waals surface area contributed by atoms with E-state index in [9.17, 15) is 4.79 Å². The second-order valence-electron chi connectivity index (χ2n) is 9.26. The number of methoxy groups -OCH3 is 1. The number of carbonyl (C=O) groups excluding carboxylic acids is 1. The molecular weight excluding hydrogens is 402 g/mol. The fourth-order valence-corrected chi connectivity index (χ4v) is 5.06. The van der Waals surface area contributed by atoms with Gasteiger partial charge in [-0.05, 0) is 49.4 Å². The molecule has 1 aromatic heterocycles. The molecule has 1 aromatic carbocycles. The second kappa shape index (κ2) is 10.5. The predicted octanol–water partition coefficient (Wildman–Crippen LogP) is 3.20. The Balaban J connectivity index is 1.31. The van der Waals surface area contributed by atoms with E-state index in [0.717, 1.165) is 69.3 Å². The lowest BCUT2D eigenvalue weighted by atomic mass is 9.89. The number of amides is 1. The van der Waals surface area contributed by atoms with Crippen LogP contribution < -0.4 is 10.1 Å². The number of rotatable bonds is 7. The SMILES string of the molecule is COc1ccc(CN2CCc3nnc(CCNC(=O)C4CCCCC4)n3CC2)c(C)c1C. The number of nitrogens with one attached hydrogen (secondary N) is 1. The predicted molar refractivity (Wildman–Crippen MR) is 125 cm³/mol. The van der Waals surface area contributed by atoms with Gasteiger partial charge in [0.2, 0.25) is 5.91 Å². The number of benzene rings is 1. The Labute approximate surface area is 191 Å². The number of hydrogen-bond acceptors (Lipinski definition) is 5. The van der Waals surface area contributed by atoms with Crippen molar-refractivity contribution in [2.45, 2.75) is 71.9 Å². The average Bonchev–Trinajstić information content (AvgIpc) is 3.09.